The second-order valence-corrected chi connectivity index (χ2v) is 5.38. The molecule has 0 aromatic carbocycles. The van der Waals surface area contributed by atoms with Gasteiger partial charge in [-0.3, -0.25) is 0 Å². The maximum absolute atomic E-state index is 6.06. The van der Waals surface area contributed by atoms with Crippen molar-refractivity contribution in [3.05, 3.63) is 23.8 Å². The first-order valence-electron chi connectivity index (χ1n) is 5.51. The second-order valence-electron chi connectivity index (χ2n) is 5.38. The summed E-state index contributed by atoms with van der Waals surface area (Å²) in [5.41, 5.74) is 1.59. The maximum atomic E-state index is 6.06. The first-order chi connectivity index (χ1) is 6.44. The molecular weight excluding hydrogens is 172 g/mol. The summed E-state index contributed by atoms with van der Waals surface area (Å²) in [4.78, 5) is 0. The zero-order valence-corrected chi connectivity index (χ0v) is 9.63. The van der Waals surface area contributed by atoms with Gasteiger partial charge in [0.05, 0.1) is 6.10 Å². The van der Waals surface area contributed by atoms with Crippen molar-refractivity contribution in [1.82, 2.24) is 0 Å². The summed E-state index contributed by atoms with van der Waals surface area (Å²) < 4.78 is 6.06. The summed E-state index contributed by atoms with van der Waals surface area (Å²) in [5.74, 6) is 0. The Hall–Kier alpha value is -0.560. The van der Waals surface area contributed by atoms with Crippen LogP contribution < -0.4 is 0 Å². The van der Waals surface area contributed by atoms with Crippen molar-refractivity contribution in [3.63, 3.8) is 0 Å². The third-order valence-electron chi connectivity index (χ3n) is 3.43. The van der Waals surface area contributed by atoms with Gasteiger partial charge in [0, 0.05) is 0 Å². The summed E-state index contributed by atoms with van der Waals surface area (Å²) in [6.07, 6.45) is 9.41. The quantitative estimate of drug-likeness (QED) is 0.534. The Morgan fingerprint density at radius 2 is 2.07 bits per heavy atom. The first kappa shape index (κ1) is 9.97. The fraction of sp³-hybridized carbons (Fsp3) is 0.692. The van der Waals surface area contributed by atoms with E-state index in [0.717, 1.165) is 12.8 Å². The van der Waals surface area contributed by atoms with E-state index >= 15 is 0 Å². The van der Waals surface area contributed by atoms with E-state index in [9.17, 15) is 0 Å². The molecular formula is C13H20O. The Morgan fingerprint density at radius 3 is 2.79 bits per heavy atom. The van der Waals surface area contributed by atoms with E-state index in [2.05, 4.69) is 45.9 Å². The van der Waals surface area contributed by atoms with Gasteiger partial charge in [0.15, 0.2) is 0 Å². The Bertz CT molecular complexity index is 298. The zero-order valence-electron chi connectivity index (χ0n) is 9.63. The number of fused-ring (bicyclic) bond motifs is 1. The zero-order chi connectivity index (χ0) is 10.4. The Balaban J connectivity index is 2.43. The van der Waals surface area contributed by atoms with Gasteiger partial charge in [0.25, 0.3) is 0 Å². The number of rotatable bonds is 0. The van der Waals surface area contributed by atoms with Crippen molar-refractivity contribution in [2.45, 2.75) is 52.2 Å². The van der Waals surface area contributed by atoms with Crippen LogP contribution in [0, 0.1) is 5.41 Å². The van der Waals surface area contributed by atoms with Crippen LogP contribution in [0.15, 0.2) is 23.8 Å². The van der Waals surface area contributed by atoms with Gasteiger partial charge in [0.2, 0.25) is 0 Å². The molecule has 1 aliphatic carbocycles. The minimum atomic E-state index is -0.139. The largest absolute Gasteiger partial charge is 0.364 e. The van der Waals surface area contributed by atoms with Crippen molar-refractivity contribution in [1.29, 1.82) is 0 Å². The van der Waals surface area contributed by atoms with Crippen LogP contribution in [0.5, 0.6) is 0 Å². The van der Waals surface area contributed by atoms with Crippen LogP contribution in [-0.2, 0) is 4.74 Å². The lowest BCUT2D eigenvalue weighted by Gasteiger charge is -2.46. The summed E-state index contributed by atoms with van der Waals surface area (Å²) in [6, 6.07) is 0. The molecule has 14 heavy (non-hydrogen) atoms. The predicted octanol–water partition coefficient (Wildman–Crippen LogP) is 3.47. The van der Waals surface area contributed by atoms with Crippen molar-refractivity contribution < 1.29 is 4.74 Å². The third-order valence-corrected chi connectivity index (χ3v) is 3.43. The molecule has 1 aliphatic heterocycles. The highest BCUT2D eigenvalue weighted by Crippen LogP contribution is 2.46. The first-order valence-corrected chi connectivity index (χ1v) is 5.51. The van der Waals surface area contributed by atoms with Crippen molar-refractivity contribution in [2.24, 2.45) is 5.41 Å². The molecule has 0 spiro atoms. The monoisotopic (exact) mass is 192 g/mol. The molecule has 0 saturated carbocycles. The van der Waals surface area contributed by atoms with Crippen LogP contribution in [0.1, 0.15) is 40.5 Å². The van der Waals surface area contributed by atoms with E-state index in [0.29, 0.717) is 6.10 Å². The fourth-order valence-corrected chi connectivity index (χ4v) is 2.78. The molecule has 2 rings (SSSR count). The van der Waals surface area contributed by atoms with E-state index in [1.807, 2.05) is 0 Å². The smallest absolute Gasteiger partial charge is 0.105 e. The fourth-order valence-electron chi connectivity index (χ4n) is 2.78. The molecule has 2 atom stereocenters. The van der Waals surface area contributed by atoms with E-state index in [4.69, 9.17) is 4.74 Å². The molecule has 2 aliphatic rings. The van der Waals surface area contributed by atoms with Gasteiger partial charge in [0.1, 0.15) is 5.60 Å². The molecule has 1 nitrogen and oxygen atoms in total. The lowest BCUT2D eigenvalue weighted by molar-refractivity contribution is -0.0433. The molecule has 0 radical (unpaired) electrons. The second kappa shape index (κ2) is 2.96. The maximum Gasteiger partial charge on any atom is 0.105 e. The number of ether oxygens (including phenoxy) is 1. The predicted molar refractivity (Wildman–Crippen MR) is 59.2 cm³/mol. The number of allylic oxidation sites excluding steroid dienone is 1. The van der Waals surface area contributed by atoms with Gasteiger partial charge in [-0.1, -0.05) is 32.1 Å². The lowest BCUT2D eigenvalue weighted by Crippen LogP contribution is -2.43. The highest BCUT2D eigenvalue weighted by atomic mass is 16.5. The molecule has 0 saturated heterocycles. The average molecular weight is 192 g/mol. The average Bonchev–Trinajstić information content (AvgIpc) is 2.00. The van der Waals surface area contributed by atoms with Gasteiger partial charge in [-0.2, -0.15) is 0 Å². The molecule has 0 aromatic heterocycles. The molecule has 1 unspecified atom stereocenters. The Labute approximate surface area is 86.8 Å². The molecule has 0 amide bonds. The Morgan fingerprint density at radius 1 is 1.36 bits per heavy atom. The van der Waals surface area contributed by atoms with E-state index in [1.54, 1.807) is 0 Å². The van der Waals surface area contributed by atoms with Crippen molar-refractivity contribution in [3.8, 4) is 0 Å². The number of hydrogen-bond donors (Lipinski definition) is 0. The minimum Gasteiger partial charge on any atom is -0.364 e. The normalized spacial score (nSPS) is 40.3. The van der Waals surface area contributed by atoms with Gasteiger partial charge >= 0.3 is 0 Å². The molecule has 1 heterocycles. The summed E-state index contributed by atoms with van der Waals surface area (Å²) in [5, 5.41) is 0. The lowest BCUT2D eigenvalue weighted by atomic mass is 9.68. The number of hydrogen-bond acceptors (Lipinski definition) is 1. The van der Waals surface area contributed by atoms with Crippen molar-refractivity contribution in [2.75, 3.05) is 0 Å². The van der Waals surface area contributed by atoms with Gasteiger partial charge < -0.3 is 4.74 Å². The van der Waals surface area contributed by atoms with Crippen LogP contribution in [0.2, 0.25) is 0 Å². The Kier molecular flexibility index (Phi) is 2.11. The summed E-state index contributed by atoms with van der Waals surface area (Å²) >= 11 is 0. The summed E-state index contributed by atoms with van der Waals surface area (Å²) in [7, 11) is 0. The van der Waals surface area contributed by atoms with Crippen LogP contribution in [0.25, 0.3) is 0 Å². The molecule has 0 fully saturated rings. The minimum absolute atomic E-state index is 0.139. The van der Waals surface area contributed by atoms with Crippen molar-refractivity contribution >= 4 is 0 Å². The van der Waals surface area contributed by atoms with Crippen LogP contribution >= 0.6 is 0 Å². The standard InChI is InChI=1S/C13H20O/c1-10-6-7-11-12(2,3)8-5-9-13(11,4)14-10/h5,7,9-10H,6,8H2,1-4H3/t10?,13-/m0/s1. The highest BCUT2D eigenvalue weighted by molar-refractivity contribution is 5.35. The summed E-state index contributed by atoms with van der Waals surface area (Å²) in [6.45, 7) is 8.94. The SMILES string of the molecule is CC1CC=C2C(C)(C)CC=C[C@]2(C)O1. The third kappa shape index (κ3) is 1.44. The van der Waals surface area contributed by atoms with Crippen LogP contribution in [-0.4, -0.2) is 11.7 Å². The topological polar surface area (TPSA) is 9.23 Å². The van der Waals surface area contributed by atoms with E-state index in [-0.39, 0.29) is 11.0 Å². The molecule has 1 heteroatoms. The van der Waals surface area contributed by atoms with E-state index in [1.165, 1.54) is 5.57 Å². The highest BCUT2D eigenvalue weighted by Gasteiger charge is 2.42. The van der Waals surface area contributed by atoms with E-state index < -0.39 is 0 Å². The molecule has 78 valence electrons. The van der Waals surface area contributed by atoms with Crippen LogP contribution in [0.3, 0.4) is 0 Å². The van der Waals surface area contributed by atoms with Gasteiger partial charge in [-0.15, -0.1) is 0 Å². The molecule has 0 bridgehead atoms. The molecule has 0 N–H and O–H groups in total. The van der Waals surface area contributed by atoms with Gasteiger partial charge in [-0.05, 0) is 37.7 Å². The van der Waals surface area contributed by atoms with Crippen LogP contribution in [0.4, 0.5) is 0 Å². The van der Waals surface area contributed by atoms with Gasteiger partial charge in [-0.25, -0.2) is 0 Å². The molecule has 0 aromatic rings.